The van der Waals surface area contributed by atoms with E-state index in [2.05, 4.69) is 15.3 Å². The van der Waals surface area contributed by atoms with Crippen LogP contribution < -0.4 is 10.1 Å². The molecule has 0 atom stereocenters. The lowest BCUT2D eigenvalue weighted by Crippen LogP contribution is -2.24. The summed E-state index contributed by atoms with van der Waals surface area (Å²) in [6.45, 7) is 6.43. The van der Waals surface area contributed by atoms with Gasteiger partial charge < -0.3 is 14.5 Å². The van der Waals surface area contributed by atoms with Gasteiger partial charge in [0, 0.05) is 43.3 Å². The molecule has 0 fully saturated rings. The molecule has 1 amide bonds. The van der Waals surface area contributed by atoms with E-state index in [0.717, 1.165) is 16.9 Å². The van der Waals surface area contributed by atoms with Gasteiger partial charge in [-0.2, -0.15) is 0 Å². The molecule has 3 heterocycles. The first kappa shape index (κ1) is 17.9. The second kappa shape index (κ2) is 7.56. The summed E-state index contributed by atoms with van der Waals surface area (Å²) < 4.78 is 7.70. The van der Waals surface area contributed by atoms with Crippen LogP contribution in [0.4, 0.5) is 0 Å². The van der Waals surface area contributed by atoms with Crippen LogP contribution in [0.15, 0.2) is 48.9 Å². The number of fused-ring (bicyclic) bond motifs is 1. The van der Waals surface area contributed by atoms with Gasteiger partial charge in [-0.3, -0.25) is 4.79 Å². The standard InChI is InChI=1S/C20H24N4O2/c1-20(2,3)26-19-6-4-5-16(23-19)7-8-18(25)22-14-15-9-11-24-12-10-21-17(24)13-15/h4-6,9-13H,7-8,14H2,1-3H3,(H,22,25). The minimum absolute atomic E-state index is 0.00263. The van der Waals surface area contributed by atoms with E-state index in [4.69, 9.17) is 4.74 Å². The normalized spacial score (nSPS) is 11.5. The van der Waals surface area contributed by atoms with Crippen LogP contribution >= 0.6 is 0 Å². The lowest BCUT2D eigenvalue weighted by molar-refractivity contribution is -0.121. The number of aromatic nitrogens is 3. The summed E-state index contributed by atoms with van der Waals surface area (Å²) in [5.41, 5.74) is 2.45. The number of carbonyl (C=O) groups excluding carboxylic acids is 1. The molecular formula is C20H24N4O2. The number of rotatable bonds is 6. The lowest BCUT2D eigenvalue weighted by atomic mass is 10.2. The number of carbonyl (C=O) groups is 1. The van der Waals surface area contributed by atoms with Crippen molar-refractivity contribution in [2.45, 2.75) is 45.8 Å². The van der Waals surface area contributed by atoms with Crippen molar-refractivity contribution in [2.24, 2.45) is 0 Å². The first-order valence-electron chi connectivity index (χ1n) is 8.72. The maximum Gasteiger partial charge on any atom is 0.220 e. The van der Waals surface area contributed by atoms with Gasteiger partial charge in [0.25, 0.3) is 0 Å². The molecule has 1 N–H and O–H groups in total. The van der Waals surface area contributed by atoms with Gasteiger partial charge in [0.05, 0.1) is 0 Å². The van der Waals surface area contributed by atoms with Crippen molar-refractivity contribution < 1.29 is 9.53 Å². The van der Waals surface area contributed by atoms with Crippen molar-refractivity contribution in [3.63, 3.8) is 0 Å². The van der Waals surface area contributed by atoms with Crippen LogP contribution in [0.1, 0.15) is 38.4 Å². The first-order chi connectivity index (χ1) is 12.4. The molecular weight excluding hydrogens is 328 g/mol. The van der Waals surface area contributed by atoms with E-state index in [1.807, 2.05) is 67.9 Å². The predicted octanol–water partition coefficient (Wildman–Crippen LogP) is 3.16. The Hall–Kier alpha value is -2.89. The van der Waals surface area contributed by atoms with Gasteiger partial charge in [0.1, 0.15) is 11.2 Å². The largest absolute Gasteiger partial charge is 0.472 e. The number of ether oxygens (including phenoxy) is 1. The fourth-order valence-corrected chi connectivity index (χ4v) is 2.56. The summed E-state index contributed by atoms with van der Waals surface area (Å²) in [6.07, 6.45) is 6.54. The van der Waals surface area contributed by atoms with Crippen molar-refractivity contribution in [1.29, 1.82) is 0 Å². The average molecular weight is 352 g/mol. The Kier molecular flexibility index (Phi) is 5.21. The van der Waals surface area contributed by atoms with Crippen molar-refractivity contribution >= 4 is 11.6 Å². The SMILES string of the molecule is CC(C)(C)Oc1cccc(CCC(=O)NCc2ccn3ccnc3c2)n1. The van der Waals surface area contributed by atoms with Crippen LogP contribution in [0.2, 0.25) is 0 Å². The molecule has 3 aromatic rings. The zero-order valence-electron chi connectivity index (χ0n) is 15.4. The molecule has 0 bridgehead atoms. The molecule has 0 spiro atoms. The van der Waals surface area contributed by atoms with Crippen molar-refractivity contribution in [3.8, 4) is 5.88 Å². The van der Waals surface area contributed by atoms with E-state index in [1.165, 1.54) is 0 Å². The number of amides is 1. The van der Waals surface area contributed by atoms with Crippen LogP contribution in [0, 0.1) is 0 Å². The van der Waals surface area contributed by atoms with Gasteiger partial charge in [-0.05, 0) is 51.0 Å². The number of hydrogen-bond donors (Lipinski definition) is 1. The van der Waals surface area contributed by atoms with Gasteiger partial charge in [-0.25, -0.2) is 9.97 Å². The van der Waals surface area contributed by atoms with Crippen LogP contribution in [0.5, 0.6) is 5.88 Å². The Balaban J connectivity index is 1.50. The van der Waals surface area contributed by atoms with E-state index in [9.17, 15) is 4.79 Å². The molecule has 0 aliphatic carbocycles. The quantitative estimate of drug-likeness (QED) is 0.740. The highest BCUT2D eigenvalue weighted by Gasteiger charge is 2.13. The minimum Gasteiger partial charge on any atom is -0.472 e. The molecule has 0 radical (unpaired) electrons. The molecule has 0 aliphatic rings. The number of hydrogen-bond acceptors (Lipinski definition) is 4. The zero-order chi connectivity index (χ0) is 18.6. The fraction of sp³-hybridized carbons (Fsp3) is 0.350. The number of nitrogens with zero attached hydrogens (tertiary/aromatic N) is 3. The van der Waals surface area contributed by atoms with E-state index in [-0.39, 0.29) is 11.5 Å². The maximum atomic E-state index is 12.1. The zero-order valence-corrected chi connectivity index (χ0v) is 15.4. The van der Waals surface area contributed by atoms with E-state index in [1.54, 1.807) is 6.20 Å². The summed E-state index contributed by atoms with van der Waals surface area (Å²) in [4.78, 5) is 20.8. The smallest absolute Gasteiger partial charge is 0.220 e. The van der Waals surface area contributed by atoms with Gasteiger partial charge in [0.15, 0.2) is 0 Å². The summed E-state index contributed by atoms with van der Waals surface area (Å²) >= 11 is 0. The molecule has 136 valence electrons. The van der Waals surface area contributed by atoms with Crippen LogP contribution in [0.3, 0.4) is 0 Å². The third-order valence-electron chi connectivity index (χ3n) is 3.75. The van der Waals surface area contributed by atoms with Gasteiger partial charge in [-0.1, -0.05) is 6.07 Å². The molecule has 6 heteroatoms. The summed E-state index contributed by atoms with van der Waals surface area (Å²) in [6, 6.07) is 9.59. The molecule has 0 saturated carbocycles. The van der Waals surface area contributed by atoms with E-state index < -0.39 is 0 Å². The van der Waals surface area contributed by atoms with Crippen LogP contribution in [-0.4, -0.2) is 25.9 Å². The van der Waals surface area contributed by atoms with Crippen molar-refractivity contribution in [1.82, 2.24) is 19.7 Å². The number of nitrogens with one attached hydrogen (secondary N) is 1. The Bertz CT molecular complexity index is 896. The highest BCUT2D eigenvalue weighted by atomic mass is 16.5. The highest BCUT2D eigenvalue weighted by molar-refractivity contribution is 5.76. The molecule has 3 aromatic heterocycles. The van der Waals surface area contributed by atoms with Gasteiger partial charge in [0.2, 0.25) is 11.8 Å². The molecule has 3 rings (SSSR count). The lowest BCUT2D eigenvalue weighted by Gasteiger charge is -2.20. The third-order valence-corrected chi connectivity index (χ3v) is 3.75. The first-order valence-corrected chi connectivity index (χ1v) is 8.72. The van der Waals surface area contributed by atoms with Gasteiger partial charge in [-0.15, -0.1) is 0 Å². The fourth-order valence-electron chi connectivity index (χ4n) is 2.56. The summed E-state index contributed by atoms with van der Waals surface area (Å²) in [5.74, 6) is 0.584. The van der Waals surface area contributed by atoms with Crippen LogP contribution in [-0.2, 0) is 17.8 Å². The Morgan fingerprint density at radius 2 is 2.08 bits per heavy atom. The Labute approximate surface area is 153 Å². The maximum absolute atomic E-state index is 12.1. The molecule has 0 aliphatic heterocycles. The Morgan fingerprint density at radius 3 is 2.88 bits per heavy atom. The molecule has 26 heavy (non-hydrogen) atoms. The minimum atomic E-state index is -0.293. The average Bonchev–Trinajstić information content (AvgIpc) is 3.04. The number of imidazole rings is 1. The van der Waals surface area contributed by atoms with Crippen molar-refractivity contribution in [3.05, 3.63) is 60.2 Å². The molecule has 0 unspecified atom stereocenters. The predicted molar refractivity (Wildman–Crippen MR) is 100.0 cm³/mol. The monoisotopic (exact) mass is 352 g/mol. The molecule has 0 aromatic carbocycles. The van der Waals surface area contributed by atoms with E-state index >= 15 is 0 Å². The number of pyridine rings is 2. The summed E-state index contributed by atoms with van der Waals surface area (Å²) in [5, 5.41) is 2.94. The number of aryl methyl sites for hydroxylation is 1. The third kappa shape index (κ3) is 5.05. The van der Waals surface area contributed by atoms with E-state index in [0.29, 0.717) is 25.3 Å². The molecule has 0 saturated heterocycles. The van der Waals surface area contributed by atoms with Gasteiger partial charge >= 0.3 is 0 Å². The molecule has 6 nitrogen and oxygen atoms in total. The van der Waals surface area contributed by atoms with Crippen LogP contribution in [0.25, 0.3) is 5.65 Å². The Morgan fingerprint density at radius 1 is 1.23 bits per heavy atom. The second-order valence-corrected chi connectivity index (χ2v) is 7.19. The second-order valence-electron chi connectivity index (χ2n) is 7.19. The van der Waals surface area contributed by atoms with Crippen molar-refractivity contribution in [2.75, 3.05) is 0 Å². The topological polar surface area (TPSA) is 68.5 Å². The summed E-state index contributed by atoms with van der Waals surface area (Å²) in [7, 11) is 0. The highest BCUT2D eigenvalue weighted by Crippen LogP contribution is 2.16.